The van der Waals surface area contributed by atoms with Gasteiger partial charge in [0.05, 0.1) is 18.4 Å². The number of halogens is 1. The van der Waals surface area contributed by atoms with Crippen LogP contribution >= 0.6 is 0 Å². The molecule has 2 heterocycles. The summed E-state index contributed by atoms with van der Waals surface area (Å²) in [6, 6.07) is 6.89. The van der Waals surface area contributed by atoms with Crippen molar-refractivity contribution >= 4 is 11.7 Å². The lowest BCUT2D eigenvalue weighted by Gasteiger charge is -2.12. The topological polar surface area (TPSA) is 115 Å². The number of Topliss-reactive ketones (excluding diaryl/α,β-unsaturated/α-hetero) is 1. The minimum atomic E-state index is -0.730. The van der Waals surface area contributed by atoms with Gasteiger partial charge in [-0.3, -0.25) is 9.59 Å². The molecule has 8 nitrogen and oxygen atoms in total. The number of aliphatic hydroxyl groups excluding tert-OH is 1. The smallest absolute Gasteiger partial charge is 0.254 e. The van der Waals surface area contributed by atoms with Gasteiger partial charge in [-0.15, -0.1) is 0 Å². The minimum Gasteiger partial charge on any atom is -0.483 e. The molecule has 1 aliphatic carbocycles. The Labute approximate surface area is 189 Å². The van der Waals surface area contributed by atoms with Crippen molar-refractivity contribution in [3.05, 3.63) is 65.6 Å². The molecule has 0 bridgehead atoms. The Morgan fingerprint density at radius 2 is 2.06 bits per heavy atom. The van der Waals surface area contributed by atoms with Crippen LogP contribution in [0.15, 0.2) is 47.2 Å². The van der Waals surface area contributed by atoms with Crippen LogP contribution in [0.25, 0.3) is 11.5 Å². The summed E-state index contributed by atoms with van der Waals surface area (Å²) >= 11 is 0. The third kappa shape index (κ3) is 5.25. The number of hydrogen-bond acceptors (Lipinski definition) is 7. The molecule has 1 saturated carbocycles. The van der Waals surface area contributed by atoms with E-state index in [0.717, 1.165) is 12.8 Å². The maximum atomic E-state index is 14.5. The van der Waals surface area contributed by atoms with Gasteiger partial charge in [0, 0.05) is 17.5 Å². The summed E-state index contributed by atoms with van der Waals surface area (Å²) in [7, 11) is 0. The van der Waals surface area contributed by atoms with E-state index in [1.807, 2.05) is 0 Å². The largest absolute Gasteiger partial charge is 0.483 e. The molecule has 1 fully saturated rings. The van der Waals surface area contributed by atoms with E-state index in [-0.39, 0.29) is 29.8 Å². The zero-order valence-corrected chi connectivity index (χ0v) is 18.2. The fraction of sp³-hybridized carbons (Fsp3) is 0.333. The number of carbonyl (C=O) groups excluding carboxylic acids is 2. The first-order chi connectivity index (χ1) is 15.9. The number of hydrogen-bond donors (Lipinski definition) is 2. The number of pyridine rings is 1. The summed E-state index contributed by atoms with van der Waals surface area (Å²) < 4.78 is 25.8. The average molecular weight is 453 g/mol. The molecule has 2 atom stereocenters. The summed E-state index contributed by atoms with van der Waals surface area (Å²) in [5, 5.41) is 11.5. The van der Waals surface area contributed by atoms with Crippen LogP contribution in [0.4, 0.5) is 4.39 Å². The number of oxazole rings is 1. The normalized spacial score (nSPS) is 15.0. The van der Waals surface area contributed by atoms with Crippen LogP contribution < -0.4 is 10.1 Å². The third-order valence-corrected chi connectivity index (χ3v) is 5.30. The molecule has 0 radical (unpaired) electrons. The van der Waals surface area contributed by atoms with Crippen molar-refractivity contribution in [2.24, 2.45) is 5.92 Å². The zero-order chi connectivity index (χ0) is 23.5. The predicted molar refractivity (Wildman–Crippen MR) is 116 cm³/mol. The molecule has 2 unspecified atom stereocenters. The molecule has 0 saturated heterocycles. The number of nitrogens with one attached hydrogen (secondary N) is 1. The molecule has 1 aliphatic rings. The van der Waals surface area contributed by atoms with E-state index in [0.29, 0.717) is 22.7 Å². The van der Waals surface area contributed by atoms with E-state index in [9.17, 15) is 14.0 Å². The summed E-state index contributed by atoms with van der Waals surface area (Å²) in [4.78, 5) is 32.7. The molecule has 33 heavy (non-hydrogen) atoms. The van der Waals surface area contributed by atoms with Gasteiger partial charge < -0.3 is 19.6 Å². The first-order valence-corrected chi connectivity index (χ1v) is 10.7. The average Bonchev–Trinajstić information content (AvgIpc) is 3.54. The molecule has 0 spiro atoms. The third-order valence-electron chi connectivity index (χ3n) is 5.30. The molecule has 1 amide bonds. The van der Waals surface area contributed by atoms with E-state index >= 15 is 0 Å². The highest BCUT2D eigenvalue weighted by atomic mass is 19.1. The Bertz CT molecular complexity index is 1160. The number of nitrogens with zero attached hydrogens (tertiary/aromatic N) is 2. The van der Waals surface area contributed by atoms with Crippen molar-refractivity contribution in [2.75, 3.05) is 6.61 Å². The fourth-order valence-corrected chi connectivity index (χ4v) is 3.20. The van der Waals surface area contributed by atoms with Crippen LogP contribution in [0.2, 0.25) is 0 Å². The highest BCUT2D eigenvalue weighted by molar-refractivity contribution is 5.97. The van der Waals surface area contributed by atoms with Gasteiger partial charge in [-0.2, -0.15) is 0 Å². The summed E-state index contributed by atoms with van der Waals surface area (Å²) in [5.41, 5.74) is 1.15. The quantitative estimate of drug-likeness (QED) is 0.475. The number of aromatic nitrogens is 2. The number of rotatable bonds is 9. The van der Waals surface area contributed by atoms with Gasteiger partial charge in [0.1, 0.15) is 35.3 Å². The number of ketones is 1. The second-order valence-corrected chi connectivity index (χ2v) is 8.11. The van der Waals surface area contributed by atoms with Gasteiger partial charge in [-0.25, -0.2) is 14.4 Å². The molecule has 2 N–H and O–H groups in total. The Kier molecular flexibility index (Phi) is 6.50. The van der Waals surface area contributed by atoms with Crippen molar-refractivity contribution in [1.29, 1.82) is 0 Å². The maximum absolute atomic E-state index is 14.5. The molecule has 4 rings (SSSR count). The number of carbonyl (C=O) groups is 2. The van der Waals surface area contributed by atoms with Gasteiger partial charge >= 0.3 is 0 Å². The fourth-order valence-electron chi connectivity index (χ4n) is 3.20. The van der Waals surface area contributed by atoms with E-state index in [1.54, 1.807) is 26.0 Å². The highest BCUT2D eigenvalue weighted by Gasteiger charge is 2.31. The molecule has 9 heteroatoms. The van der Waals surface area contributed by atoms with Crippen LogP contribution in [0.3, 0.4) is 0 Å². The molecular weight excluding hydrogens is 429 g/mol. The molecular formula is C24H24FN3O5. The van der Waals surface area contributed by atoms with Crippen molar-refractivity contribution < 1.29 is 28.2 Å². The van der Waals surface area contributed by atoms with Gasteiger partial charge in [0.25, 0.3) is 5.91 Å². The zero-order valence-electron chi connectivity index (χ0n) is 18.2. The van der Waals surface area contributed by atoms with Crippen LogP contribution in [0.1, 0.15) is 59.3 Å². The van der Waals surface area contributed by atoms with E-state index in [2.05, 4.69) is 15.3 Å². The van der Waals surface area contributed by atoms with Gasteiger partial charge in [-0.05, 0) is 57.0 Å². The van der Waals surface area contributed by atoms with Crippen molar-refractivity contribution in [1.82, 2.24) is 15.3 Å². The second kappa shape index (κ2) is 9.50. The Balaban J connectivity index is 1.42. The standard InChI is InChI=1S/C24H24FN3O5/c1-13(11-29)27-23(31)18-7-5-16(9-19(18)25)24-28-21(12-32-24)14(2)33-17-6-8-20(26-10-17)22(30)15-3-4-15/h5-10,12-15,29H,3-4,11H2,1-2H3,(H,27,31). The van der Waals surface area contributed by atoms with Gasteiger partial charge in [-0.1, -0.05) is 0 Å². The Morgan fingerprint density at radius 3 is 2.70 bits per heavy atom. The van der Waals surface area contributed by atoms with E-state index < -0.39 is 23.9 Å². The van der Waals surface area contributed by atoms with Crippen molar-refractivity contribution in [3.8, 4) is 17.2 Å². The molecule has 2 aromatic heterocycles. The van der Waals surface area contributed by atoms with Crippen LogP contribution in [0.5, 0.6) is 5.75 Å². The summed E-state index contributed by atoms with van der Waals surface area (Å²) in [6.07, 6.45) is 4.29. The van der Waals surface area contributed by atoms with Gasteiger partial charge in [0.15, 0.2) is 5.78 Å². The van der Waals surface area contributed by atoms with Crippen molar-refractivity contribution in [3.63, 3.8) is 0 Å². The monoisotopic (exact) mass is 453 g/mol. The first-order valence-electron chi connectivity index (χ1n) is 10.7. The predicted octanol–water partition coefficient (Wildman–Crippen LogP) is 3.72. The minimum absolute atomic E-state index is 0.0642. The van der Waals surface area contributed by atoms with E-state index in [4.69, 9.17) is 14.3 Å². The lowest BCUT2D eigenvalue weighted by atomic mass is 10.1. The summed E-state index contributed by atoms with van der Waals surface area (Å²) in [5.74, 6) is -0.514. The van der Waals surface area contributed by atoms with Crippen LogP contribution in [-0.2, 0) is 0 Å². The molecule has 172 valence electrons. The lowest BCUT2D eigenvalue weighted by molar-refractivity contribution is 0.0917. The van der Waals surface area contributed by atoms with Crippen molar-refractivity contribution in [2.45, 2.75) is 38.8 Å². The lowest BCUT2D eigenvalue weighted by Crippen LogP contribution is -2.35. The van der Waals surface area contributed by atoms with Gasteiger partial charge in [0.2, 0.25) is 5.89 Å². The number of aliphatic hydroxyl groups is 1. The first kappa shape index (κ1) is 22.6. The molecule has 1 aromatic carbocycles. The van der Waals surface area contributed by atoms with Crippen LogP contribution in [0, 0.1) is 11.7 Å². The number of ether oxygens (including phenoxy) is 1. The number of amides is 1. The molecule has 0 aliphatic heterocycles. The van der Waals surface area contributed by atoms with Crippen LogP contribution in [-0.4, -0.2) is 39.4 Å². The SMILES string of the molecule is CC(CO)NC(=O)c1ccc(-c2nc(C(C)Oc3ccc(C(=O)C4CC4)nc3)co2)cc1F. The molecule has 3 aromatic rings. The second-order valence-electron chi connectivity index (χ2n) is 8.11. The van der Waals surface area contributed by atoms with E-state index in [1.165, 1.54) is 30.7 Å². The Morgan fingerprint density at radius 1 is 1.27 bits per heavy atom. The number of benzene rings is 1. The Hall–Kier alpha value is -3.59. The maximum Gasteiger partial charge on any atom is 0.254 e. The summed E-state index contributed by atoms with van der Waals surface area (Å²) in [6.45, 7) is 3.14. The highest BCUT2D eigenvalue weighted by Crippen LogP contribution is 2.32.